The summed E-state index contributed by atoms with van der Waals surface area (Å²) in [6, 6.07) is 18.5. The van der Waals surface area contributed by atoms with Gasteiger partial charge in [0.1, 0.15) is 12.3 Å². The third kappa shape index (κ3) is 2.76. The lowest BCUT2D eigenvalue weighted by molar-refractivity contribution is -0.669. The SMILES string of the molecule is CCN1C(=Cc2ccc3ccccc3[n+]2CC)Sc2ccc(O)cc21. The number of thioether (sulfide) groups is 1. The van der Waals surface area contributed by atoms with Crippen LogP contribution in [0.25, 0.3) is 17.0 Å². The number of nitrogens with zero attached hydrogens (tertiary/aromatic N) is 2. The number of aryl methyl sites for hydroxylation is 1. The molecular weight excluding hydrogens is 328 g/mol. The van der Waals surface area contributed by atoms with Crippen molar-refractivity contribution in [2.75, 3.05) is 11.4 Å². The molecule has 0 spiro atoms. The molecular formula is C21H21N2OS+. The average Bonchev–Trinajstić information content (AvgIpc) is 2.97. The van der Waals surface area contributed by atoms with Gasteiger partial charge < -0.3 is 10.0 Å². The number of hydrogen-bond acceptors (Lipinski definition) is 3. The maximum absolute atomic E-state index is 9.83. The van der Waals surface area contributed by atoms with Crippen LogP contribution in [-0.2, 0) is 6.54 Å². The minimum atomic E-state index is 0.313. The Morgan fingerprint density at radius 1 is 1.08 bits per heavy atom. The lowest BCUT2D eigenvalue weighted by Crippen LogP contribution is -2.36. The number of pyridine rings is 1. The zero-order valence-electron chi connectivity index (χ0n) is 14.4. The highest BCUT2D eigenvalue weighted by molar-refractivity contribution is 8.03. The molecule has 0 radical (unpaired) electrons. The highest BCUT2D eigenvalue weighted by Gasteiger charge is 2.25. The van der Waals surface area contributed by atoms with Crippen molar-refractivity contribution in [2.45, 2.75) is 25.3 Å². The molecule has 4 heteroatoms. The first-order chi connectivity index (χ1) is 12.2. The highest BCUT2D eigenvalue weighted by atomic mass is 32.2. The Bertz CT molecular complexity index is 981. The fraction of sp³-hybridized carbons (Fsp3) is 0.190. The van der Waals surface area contributed by atoms with E-state index in [9.17, 15) is 5.11 Å². The molecule has 0 aliphatic carbocycles. The third-order valence-corrected chi connectivity index (χ3v) is 5.70. The predicted octanol–water partition coefficient (Wildman–Crippen LogP) is 4.78. The van der Waals surface area contributed by atoms with Crippen molar-refractivity contribution >= 4 is 34.4 Å². The van der Waals surface area contributed by atoms with Crippen LogP contribution in [0.2, 0.25) is 0 Å². The van der Waals surface area contributed by atoms with E-state index in [1.54, 1.807) is 17.8 Å². The average molecular weight is 349 g/mol. The first-order valence-electron chi connectivity index (χ1n) is 8.63. The molecule has 1 N–H and O–H groups in total. The molecule has 0 fully saturated rings. The summed E-state index contributed by atoms with van der Waals surface area (Å²) in [4.78, 5) is 3.45. The number of anilines is 1. The molecule has 2 aromatic carbocycles. The molecule has 126 valence electrons. The van der Waals surface area contributed by atoms with E-state index in [-0.39, 0.29) is 0 Å². The summed E-state index contributed by atoms with van der Waals surface area (Å²) < 4.78 is 2.34. The largest absolute Gasteiger partial charge is 0.508 e. The van der Waals surface area contributed by atoms with Gasteiger partial charge in [0.2, 0.25) is 11.2 Å². The molecule has 3 nitrogen and oxygen atoms in total. The van der Waals surface area contributed by atoms with Gasteiger partial charge in [-0.25, -0.2) is 0 Å². The van der Waals surface area contributed by atoms with Crippen LogP contribution in [0.5, 0.6) is 5.75 Å². The fourth-order valence-corrected chi connectivity index (χ4v) is 4.56. The number of fused-ring (bicyclic) bond motifs is 2. The lowest BCUT2D eigenvalue weighted by atomic mass is 10.2. The molecule has 0 saturated carbocycles. The number of hydrogen-bond donors (Lipinski definition) is 1. The van der Waals surface area contributed by atoms with E-state index in [0.717, 1.165) is 18.8 Å². The van der Waals surface area contributed by atoms with E-state index in [2.05, 4.69) is 65.8 Å². The Labute approximate surface area is 152 Å². The van der Waals surface area contributed by atoms with Gasteiger partial charge >= 0.3 is 0 Å². The quantitative estimate of drug-likeness (QED) is 0.689. The van der Waals surface area contributed by atoms with Crippen molar-refractivity contribution in [3.05, 3.63) is 65.3 Å². The second-order valence-electron chi connectivity index (χ2n) is 6.04. The Balaban J connectivity index is 1.82. The standard InChI is InChI=1S/C21H20N2OS/c1-3-22-16(10-9-15-7-5-6-8-18(15)22)13-21-23(4-2)19-14-17(24)11-12-20(19)25-21/h5-14H,3-4H2,1-2H3/p+1. The molecule has 1 aromatic heterocycles. The number of benzene rings is 2. The third-order valence-electron chi connectivity index (χ3n) is 4.59. The van der Waals surface area contributed by atoms with Gasteiger partial charge in [-0.2, -0.15) is 4.57 Å². The van der Waals surface area contributed by atoms with Gasteiger partial charge in [0, 0.05) is 41.1 Å². The van der Waals surface area contributed by atoms with Crippen LogP contribution in [0, 0.1) is 0 Å². The van der Waals surface area contributed by atoms with Gasteiger partial charge in [-0.05, 0) is 38.1 Å². The fourth-order valence-electron chi connectivity index (χ4n) is 3.41. The van der Waals surface area contributed by atoms with Crippen molar-refractivity contribution in [1.29, 1.82) is 0 Å². The Morgan fingerprint density at radius 3 is 2.72 bits per heavy atom. The van der Waals surface area contributed by atoms with Crippen LogP contribution in [0.1, 0.15) is 19.5 Å². The van der Waals surface area contributed by atoms with E-state index in [1.165, 1.54) is 26.5 Å². The van der Waals surface area contributed by atoms with Crippen molar-refractivity contribution in [3.63, 3.8) is 0 Å². The summed E-state index contributed by atoms with van der Waals surface area (Å²) in [6.07, 6.45) is 2.25. The predicted molar refractivity (Wildman–Crippen MR) is 105 cm³/mol. The Morgan fingerprint density at radius 2 is 1.92 bits per heavy atom. The Hall–Kier alpha value is -2.46. The summed E-state index contributed by atoms with van der Waals surface area (Å²) in [5, 5.41) is 12.3. The molecule has 0 unspecified atom stereocenters. The molecule has 2 heterocycles. The summed E-state index contributed by atoms with van der Waals surface area (Å²) in [5.41, 5.74) is 3.53. The van der Waals surface area contributed by atoms with Crippen LogP contribution in [-0.4, -0.2) is 11.7 Å². The van der Waals surface area contributed by atoms with Crippen LogP contribution in [0.4, 0.5) is 5.69 Å². The van der Waals surface area contributed by atoms with Gasteiger partial charge in [-0.15, -0.1) is 0 Å². The normalized spacial score (nSPS) is 15.1. The van der Waals surface area contributed by atoms with E-state index in [4.69, 9.17) is 0 Å². The zero-order chi connectivity index (χ0) is 17.4. The van der Waals surface area contributed by atoms with E-state index in [1.807, 2.05) is 12.1 Å². The van der Waals surface area contributed by atoms with Gasteiger partial charge in [0.15, 0.2) is 0 Å². The van der Waals surface area contributed by atoms with Crippen molar-refractivity contribution in [1.82, 2.24) is 0 Å². The first kappa shape index (κ1) is 16.0. The maximum atomic E-state index is 9.83. The summed E-state index contributed by atoms with van der Waals surface area (Å²) in [6.45, 7) is 6.11. The second-order valence-corrected chi connectivity index (χ2v) is 7.10. The molecule has 1 aliphatic rings. The highest BCUT2D eigenvalue weighted by Crippen LogP contribution is 2.47. The van der Waals surface area contributed by atoms with Crippen LogP contribution in [0.15, 0.2) is 64.5 Å². The lowest BCUT2D eigenvalue weighted by Gasteiger charge is -2.17. The van der Waals surface area contributed by atoms with Crippen LogP contribution >= 0.6 is 11.8 Å². The summed E-state index contributed by atoms with van der Waals surface area (Å²) in [7, 11) is 0. The number of para-hydroxylation sites is 1. The smallest absolute Gasteiger partial charge is 0.212 e. The van der Waals surface area contributed by atoms with Gasteiger partial charge in [-0.3, -0.25) is 0 Å². The first-order valence-corrected chi connectivity index (χ1v) is 9.44. The zero-order valence-corrected chi connectivity index (χ0v) is 15.3. The number of phenols is 1. The van der Waals surface area contributed by atoms with Crippen molar-refractivity contribution in [3.8, 4) is 5.75 Å². The molecule has 1 aliphatic heterocycles. The molecule has 0 amide bonds. The van der Waals surface area contributed by atoms with E-state index < -0.39 is 0 Å². The number of phenolic OH excluding ortho intramolecular Hbond substituents is 1. The second kappa shape index (κ2) is 6.45. The van der Waals surface area contributed by atoms with Crippen LogP contribution < -0.4 is 9.47 Å². The summed E-state index contributed by atoms with van der Waals surface area (Å²) >= 11 is 1.76. The van der Waals surface area contributed by atoms with Crippen LogP contribution in [0.3, 0.4) is 0 Å². The monoisotopic (exact) mass is 349 g/mol. The number of aromatic hydroxyl groups is 1. The minimum Gasteiger partial charge on any atom is -0.508 e. The van der Waals surface area contributed by atoms with Gasteiger partial charge in [-0.1, -0.05) is 23.9 Å². The molecule has 0 atom stereocenters. The van der Waals surface area contributed by atoms with Gasteiger partial charge in [0.25, 0.3) is 0 Å². The van der Waals surface area contributed by atoms with E-state index in [0.29, 0.717) is 5.75 Å². The topological polar surface area (TPSA) is 27.4 Å². The Kier molecular flexibility index (Phi) is 4.14. The molecule has 25 heavy (non-hydrogen) atoms. The molecule has 0 bridgehead atoms. The van der Waals surface area contributed by atoms with Gasteiger partial charge in [0.05, 0.1) is 10.7 Å². The maximum Gasteiger partial charge on any atom is 0.212 e. The van der Waals surface area contributed by atoms with Crippen molar-refractivity contribution in [2.24, 2.45) is 0 Å². The molecule has 3 aromatic rings. The number of rotatable bonds is 3. The molecule has 4 rings (SSSR count). The summed E-state index contributed by atoms with van der Waals surface area (Å²) in [5.74, 6) is 0.313. The molecule has 0 saturated heterocycles. The van der Waals surface area contributed by atoms with Crippen molar-refractivity contribution < 1.29 is 9.67 Å². The minimum absolute atomic E-state index is 0.313. The number of aromatic nitrogens is 1. The van der Waals surface area contributed by atoms with E-state index >= 15 is 0 Å².